The zero-order chi connectivity index (χ0) is 10.7. The van der Waals surface area contributed by atoms with Crippen LogP contribution in [0.4, 0.5) is 0 Å². The SMILES string of the molecule is C#CCCn1ncc2ccccc2c1=O. The third-order valence-electron chi connectivity index (χ3n) is 2.23. The van der Waals surface area contributed by atoms with E-state index in [1.807, 2.05) is 18.2 Å². The minimum Gasteiger partial charge on any atom is -0.267 e. The summed E-state index contributed by atoms with van der Waals surface area (Å²) in [5, 5.41) is 5.60. The minimum atomic E-state index is -0.0802. The van der Waals surface area contributed by atoms with Crippen molar-refractivity contribution in [2.45, 2.75) is 13.0 Å². The van der Waals surface area contributed by atoms with E-state index in [-0.39, 0.29) is 5.56 Å². The number of aromatic nitrogens is 2. The average Bonchev–Trinajstić information content (AvgIpc) is 2.29. The van der Waals surface area contributed by atoms with Crippen molar-refractivity contribution >= 4 is 10.8 Å². The zero-order valence-electron chi connectivity index (χ0n) is 8.18. The maximum Gasteiger partial charge on any atom is 0.274 e. The molecule has 74 valence electrons. The predicted molar refractivity (Wildman–Crippen MR) is 59.5 cm³/mol. The van der Waals surface area contributed by atoms with Crippen LogP contribution in [0, 0.1) is 12.3 Å². The molecule has 3 nitrogen and oxygen atoms in total. The molecule has 0 bridgehead atoms. The quantitative estimate of drug-likeness (QED) is 0.684. The second kappa shape index (κ2) is 3.97. The fourth-order valence-corrected chi connectivity index (χ4v) is 1.46. The fourth-order valence-electron chi connectivity index (χ4n) is 1.46. The Hall–Kier alpha value is -2.08. The molecule has 15 heavy (non-hydrogen) atoms. The van der Waals surface area contributed by atoms with Gasteiger partial charge in [-0.1, -0.05) is 18.2 Å². The Bertz CT molecular complexity index is 578. The van der Waals surface area contributed by atoms with E-state index in [1.165, 1.54) is 4.68 Å². The van der Waals surface area contributed by atoms with Gasteiger partial charge in [-0.25, -0.2) is 4.68 Å². The van der Waals surface area contributed by atoms with Gasteiger partial charge in [0, 0.05) is 11.8 Å². The molecule has 0 aliphatic carbocycles. The van der Waals surface area contributed by atoms with Crippen LogP contribution in [0.2, 0.25) is 0 Å². The Kier molecular flexibility index (Phi) is 2.51. The minimum absolute atomic E-state index is 0.0802. The Morgan fingerprint density at radius 2 is 2.20 bits per heavy atom. The van der Waals surface area contributed by atoms with Crippen molar-refractivity contribution in [3.63, 3.8) is 0 Å². The molecule has 0 saturated heterocycles. The Balaban J connectivity index is 2.57. The summed E-state index contributed by atoms with van der Waals surface area (Å²) in [5.41, 5.74) is -0.0802. The number of hydrogen-bond donors (Lipinski definition) is 0. The van der Waals surface area contributed by atoms with Crippen molar-refractivity contribution < 1.29 is 0 Å². The molecular formula is C12H10N2O. The summed E-state index contributed by atoms with van der Waals surface area (Å²) >= 11 is 0. The van der Waals surface area contributed by atoms with Crippen LogP contribution in [0.5, 0.6) is 0 Å². The number of aryl methyl sites for hydroxylation is 1. The molecule has 0 amide bonds. The first kappa shape index (κ1) is 9.47. The number of nitrogens with zero attached hydrogens (tertiary/aromatic N) is 2. The van der Waals surface area contributed by atoms with E-state index >= 15 is 0 Å². The van der Waals surface area contributed by atoms with Gasteiger partial charge in [0.25, 0.3) is 5.56 Å². The standard InChI is InChI=1S/C12H10N2O/c1-2-3-8-14-12(15)11-7-5-4-6-10(11)9-13-14/h1,4-7,9H,3,8H2. The van der Waals surface area contributed by atoms with Crippen molar-refractivity contribution in [3.8, 4) is 12.3 Å². The normalized spacial score (nSPS) is 10.1. The summed E-state index contributed by atoms with van der Waals surface area (Å²) < 4.78 is 1.40. The third-order valence-corrected chi connectivity index (χ3v) is 2.23. The Morgan fingerprint density at radius 1 is 1.40 bits per heavy atom. The van der Waals surface area contributed by atoms with Crippen molar-refractivity contribution in [2.24, 2.45) is 0 Å². The van der Waals surface area contributed by atoms with Gasteiger partial charge in [0.05, 0.1) is 18.1 Å². The molecular weight excluding hydrogens is 188 g/mol. The second-order valence-corrected chi connectivity index (χ2v) is 3.21. The summed E-state index contributed by atoms with van der Waals surface area (Å²) in [4.78, 5) is 11.9. The fraction of sp³-hybridized carbons (Fsp3) is 0.167. The molecule has 0 radical (unpaired) electrons. The average molecular weight is 198 g/mol. The number of rotatable bonds is 2. The third kappa shape index (κ3) is 1.75. The molecule has 0 atom stereocenters. The molecule has 0 N–H and O–H groups in total. The summed E-state index contributed by atoms with van der Waals surface area (Å²) in [6.45, 7) is 0.472. The first-order chi connectivity index (χ1) is 7.33. The molecule has 1 aromatic heterocycles. The Labute approximate surface area is 87.4 Å². The molecule has 0 fully saturated rings. The molecule has 0 aliphatic rings. The summed E-state index contributed by atoms with van der Waals surface area (Å²) in [6.07, 6.45) is 7.35. The number of hydrogen-bond acceptors (Lipinski definition) is 2. The first-order valence-electron chi connectivity index (χ1n) is 4.71. The van der Waals surface area contributed by atoms with Crippen LogP contribution in [-0.4, -0.2) is 9.78 Å². The van der Waals surface area contributed by atoms with Crippen LogP contribution in [-0.2, 0) is 6.54 Å². The van der Waals surface area contributed by atoms with E-state index in [1.54, 1.807) is 12.3 Å². The van der Waals surface area contributed by atoms with Crippen LogP contribution < -0.4 is 5.56 Å². The van der Waals surface area contributed by atoms with Crippen LogP contribution in [0.1, 0.15) is 6.42 Å². The van der Waals surface area contributed by atoms with E-state index in [0.717, 1.165) is 5.39 Å². The topological polar surface area (TPSA) is 34.9 Å². The lowest BCUT2D eigenvalue weighted by Gasteiger charge is -2.02. The molecule has 0 unspecified atom stereocenters. The lowest BCUT2D eigenvalue weighted by Crippen LogP contribution is -2.22. The van der Waals surface area contributed by atoms with Crippen molar-refractivity contribution in [1.29, 1.82) is 0 Å². The second-order valence-electron chi connectivity index (χ2n) is 3.21. The first-order valence-corrected chi connectivity index (χ1v) is 4.71. The highest BCUT2D eigenvalue weighted by molar-refractivity contribution is 5.80. The van der Waals surface area contributed by atoms with Gasteiger partial charge in [0.2, 0.25) is 0 Å². The highest BCUT2D eigenvalue weighted by atomic mass is 16.1. The number of fused-ring (bicyclic) bond motifs is 1. The summed E-state index contributed by atoms with van der Waals surface area (Å²) in [6, 6.07) is 7.39. The van der Waals surface area contributed by atoms with E-state index in [0.29, 0.717) is 18.4 Å². The van der Waals surface area contributed by atoms with Crippen LogP contribution >= 0.6 is 0 Å². The number of terminal acetylenes is 1. The van der Waals surface area contributed by atoms with E-state index < -0.39 is 0 Å². The predicted octanol–water partition coefficient (Wildman–Crippen LogP) is 1.42. The maximum atomic E-state index is 11.9. The zero-order valence-corrected chi connectivity index (χ0v) is 8.18. The van der Waals surface area contributed by atoms with Crippen molar-refractivity contribution in [1.82, 2.24) is 9.78 Å². The monoisotopic (exact) mass is 198 g/mol. The van der Waals surface area contributed by atoms with Gasteiger partial charge in [-0.2, -0.15) is 5.10 Å². The van der Waals surface area contributed by atoms with Gasteiger partial charge < -0.3 is 0 Å². The van der Waals surface area contributed by atoms with Crippen LogP contribution in [0.15, 0.2) is 35.3 Å². The molecule has 2 rings (SSSR count). The van der Waals surface area contributed by atoms with Gasteiger partial charge in [0.1, 0.15) is 0 Å². The van der Waals surface area contributed by atoms with E-state index in [4.69, 9.17) is 6.42 Å². The highest BCUT2D eigenvalue weighted by Crippen LogP contribution is 2.06. The summed E-state index contributed by atoms with van der Waals surface area (Å²) in [5.74, 6) is 2.49. The molecule has 0 saturated carbocycles. The number of benzene rings is 1. The van der Waals surface area contributed by atoms with Gasteiger partial charge in [-0.05, 0) is 6.07 Å². The molecule has 2 aromatic rings. The van der Waals surface area contributed by atoms with E-state index in [2.05, 4.69) is 11.0 Å². The van der Waals surface area contributed by atoms with E-state index in [9.17, 15) is 4.79 Å². The van der Waals surface area contributed by atoms with Crippen LogP contribution in [0.25, 0.3) is 10.8 Å². The van der Waals surface area contributed by atoms with Gasteiger partial charge in [-0.3, -0.25) is 4.79 Å². The van der Waals surface area contributed by atoms with Crippen LogP contribution in [0.3, 0.4) is 0 Å². The molecule has 0 spiro atoms. The molecule has 0 aliphatic heterocycles. The Morgan fingerprint density at radius 3 is 3.00 bits per heavy atom. The molecule has 3 heteroatoms. The smallest absolute Gasteiger partial charge is 0.267 e. The van der Waals surface area contributed by atoms with Crippen molar-refractivity contribution in [3.05, 3.63) is 40.8 Å². The van der Waals surface area contributed by atoms with Gasteiger partial charge >= 0.3 is 0 Å². The lowest BCUT2D eigenvalue weighted by atomic mass is 10.2. The largest absolute Gasteiger partial charge is 0.274 e. The van der Waals surface area contributed by atoms with Gasteiger partial charge in [-0.15, -0.1) is 12.3 Å². The lowest BCUT2D eigenvalue weighted by molar-refractivity contribution is 0.597. The molecule has 1 heterocycles. The highest BCUT2D eigenvalue weighted by Gasteiger charge is 2.01. The van der Waals surface area contributed by atoms with Gasteiger partial charge in [0.15, 0.2) is 0 Å². The molecule has 1 aromatic carbocycles. The summed E-state index contributed by atoms with van der Waals surface area (Å²) in [7, 11) is 0. The maximum absolute atomic E-state index is 11.9. The van der Waals surface area contributed by atoms with Crippen molar-refractivity contribution in [2.75, 3.05) is 0 Å².